The van der Waals surface area contributed by atoms with Gasteiger partial charge in [0.2, 0.25) is 0 Å². The first kappa shape index (κ1) is 12.4. The zero-order chi connectivity index (χ0) is 11.3. The maximum absolute atomic E-state index is 5.08. The summed E-state index contributed by atoms with van der Waals surface area (Å²) in [6, 6.07) is 2.30. The number of ether oxygens (including phenoxy) is 1. The van der Waals surface area contributed by atoms with Gasteiger partial charge in [-0.15, -0.1) is 0 Å². The molecule has 0 bridgehead atoms. The molecule has 1 rings (SSSR count). The first-order chi connectivity index (χ1) is 7.15. The minimum Gasteiger partial charge on any atom is -0.383 e. The Balaban J connectivity index is 2.79. The van der Waals surface area contributed by atoms with E-state index in [1.54, 1.807) is 13.4 Å². The maximum Gasteiger partial charge on any atom is 0.133 e. The second-order valence-corrected chi connectivity index (χ2v) is 4.29. The summed E-state index contributed by atoms with van der Waals surface area (Å²) in [5.74, 6) is 0.920. The largest absolute Gasteiger partial charge is 0.383 e. The molecular weight excluding hydrogens is 258 g/mol. The van der Waals surface area contributed by atoms with E-state index in [9.17, 15) is 0 Å². The SMILES string of the molecule is COCCN(c1cc(Br)ncn1)C(C)C. The van der Waals surface area contributed by atoms with Gasteiger partial charge >= 0.3 is 0 Å². The lowest BCUT2D eigenvalue weighted by Gasteiger charge is -2.27. The summed E-state index contributed by atoms with van der Waals surface area (Å²) in [6.07, 6.45) is 1.56. The molecule has 0 spiro atoms. The van der Waals surface area contributed by atoms with Crippen molar-refractivity contribution >= 4 is 21.7 Å². The normalized spacial score (nSPS) is 10.7. The second kappa shape index (κ2) is 6.02. The number of hydrogen-bond donors (Lipinski definition) is 0. The molecule has 0 aliphatic heterocycles. The molecule has 1 heterocycles. The van der Waals surface area contributed by atoms with Crippen molar-refractivity contribution in [2.24, 2.45) is 0 Å². The highest BCUT2D eigenvalue weighted by atomic mass is 79.9. The Labute approximate surface area is 98.8 Å². The van der Waals surface area contributed by atoms with Crippen molar-refractivity contribution < 1.29 is 4.74 Å². The lowest BCUT2D eigenvalue weighted by molar-refractivity contribution is 0.203. The van der Waals surface area contributed by atoms with Crippen LogP contribution < -0.4 is 4.90 Å². The van der Waals surface area contributed by atoms with Crippen LogP contribution in [0, 0.1) is 0 Å². The number of anilines is 1. The fourth-order valence-electron chi connectivity index (χ4n) is 1.31. The lowest BCUT2D eigenvalue weighted by Crippen LogP contribution is -2.34. The van der Waals surface area contributed by atoms with Gasteiger partial charge in [0.25, 0.3) is 0 Å². The molecule has 0 amide bonds. The molecular formula is C10H16BrN3O. The van der Waals surface area contributed by atoms with E-state index in [1.165, 1.54) is 0 Å². The van der Waals surface area contributed by atoms with Crippen LogP contribution in [0.1, 0.15) is 13.8 Å². The Kier molecular flexibility index (Phi) is 4.98. The predicted molar refractivity (Wildman–Crippen MR) is 64.1 cm³/mol. The standard InChI is InChI=1S/C10H16BrN3O/c1-8(2)14(4-5-15-3)10-6-9(11)12-7-13-10/h6-8H,4-5H2,1-3H3. The van der Waals surface area contributed by atoms with E-state index >= 15 is 0 Å². The molecule has 0 unspecified atom stereocenters. The second-order valence-electron chi connectivity index (χ2n) is 3.48. The molecule has 0 aromatic carbocycles. The quantitative estimate of drug-likeness (QED) is 0.771. The average molecular weight is 274 g/mol. The minimum atomic E-state index is 0.391. The molecule has 5 heteroatoms. The number of aromatic nitrogens is 2. The van der Waals surface area contributed by atoms with Gasteiger partial charge in [-0.25, -0.2) is 9.97 Å². The van der Waals surface area contributed by atoms with Gasteiger partial charge in [0, 0.05) is 25.8 Å². The van der Waals surface area contributed by atoms with Crippen molar-refractivity contribution in [3.8, 4) is 0 Å². The molecule has 0 saturated heterocycles. The van der Waals surface area contributed by atoms with Crippen LogP contribution in [0.3, 0.4) is 0 Å². The molecule has 0 radical (unpaired) electrons. The fraction of sp³-hybridized carbons (Fsp3) is 0.600. The van der Waals surface area contributed by atoms with Gasteiger partial charge in [-0.2, -0.15) is 0 Å². The highest BCUT2D eigenvalue weighted by Crippen LogP contribution is 2.16. The van der Waals surface area contributed by atoms with Gasteiger partial charge in [-0.3, -0.25) is 0 Å². The number of nitrogens with zero attached hydrogens (tertiary/aromatic N) is 3. The Bertz CT molecular complexity index is 306. The van der Waals surface area contributed by atoms with Gasteiger partial charge in [-0.05, 0) is 29.8 Å². The molecule has 84 valence electrons. The number of halogens is 1. The van der Waals surface area contributed by atoms with Crippen molar-refractivity contribution in [2.75, 3.05) is 25.2 Å². The molecule has 0 atom stereocenters. The van der Waals surface area contributed by atoms with Gasteiger partial charge in [0.05, 0.1) is 6.61 Å². The van der Waals surface area contributed by atoms with Gasteiger partial charge in [0.15, 0.2) is 0 Å². The molecule has 0 N–H and O–H groups in total. The first-order valence-corrected chi connectivity index (χ1v) is 5.67. The van der Waals surface area contributed by atoms with Gasteiger partial charge in [-0.1, -0.05) is 0 Å². The molecule has 1 aromatic heterocycles. The van der Waals surface area contributed by atoms with E-state index in [1.807, 2.05) is 6.07 Å². The summed E-state index contributed by atoms with van der Waals surface area (Å²) in [6.45, 7) is 5.79. The van der Waals surface area contributed by atoms with Crippen molar-refractivity contribution in [3.05, 3.63) is 17.0 Å². The van der Waals surface area contributed by atoms with Crippen LogP contribution >= 0.6 is 15.9 Å². The third kappa shape index (κ3) is 3.76. The summed E-state index contributed by atoms with van der Waals surface area (Å²) in [7, 11) is 1.70. The van der Waals surface area contributed by atoms with Crippen LogP contribution in [0.25, 0.3) is 0 Å². The third-order valence-electron chi connectivity index (χ3n) is 2.07. The Morgan fingerprint density at radius 1 is 1.47 bits per heavy atom. The number of rotatable bonds is 5. The molecule has 0 fully saturated rings. The monoisotopic (exact) mass is 273 g/mol. The van der Waals surface area contributed by atoms with Crippen LogP contribution in [-0.2, 0) is 4.74 Å². The topological polar surface area (TPSA) is 38.2 Å². The Hall–Kier alpha value is -0.680. The molecule has 0 saturated carbocycles. The number of hydrogen-bond acceptors (Lipinski definition) is 4. The van der Waals surface area contributed by atoms with Crippen LogP contribution in [0.2, 0.25) is 0 Å². The van der Waals surface area contributed by atoms with E-state index in [0.717, 1.165) is 17.0 Å². The summed E-state index contributed by atoms with van der Waals surface area (Å²) >= 11 is 3.34. The maximum atomic E-state index is 5.08. The van der Waals surface area contributed by atoms with E-state index in [4.69, 9.17) is 4.74 Å². The van der Waals surface area contributed by atoms with E-state index in [2.05, 4.69) is 44.6 Å². The fourth-order valence-corrected chi connectivity index (χ4v) is 1.60. The van der Waals surface area contributed by atoms with Crippen LogP contribution in [0.5, 0.6) is 0 Å². The van der Waals surface area contributed by atoms with Crippen LogP contribution in [0.15, 0.2) is 17.0 Å². The van der Waals surface area contributed by atoms with E-state index in [0.29, 0.717) is 12.6 Å². The van der Waals surface area contributed by atoms with Gasteiger partial charge in [0.1, 0.15) is 16.7 Å². The highest BCUT2D eigenvalue weighted by molar-refractivity contribution is 9.10. The van der Waals surface area contributed by atoms with Gasteiger partial charge < -0.3 is 9.64 Å². The van der Waals surface area contributed by atoms with E-state index in [-0.39, 0.29) is 0 Å². The highest BCUT2D eigenvalue weighted by Gasteiger charge is 2.11. The zero-order valence-electron chi connectivity index (χ0n) is 9.27. The molecule has 4 nitrogen and oxygen atoms in total. The molecule has 0 aliphatic carbocycles. The smallest absolute Gasteiger partial charge is 0.133 e. The minimum absolute atomic E-state index is 0.391. The summed E-state index contributed by atoms with van der Waals surface area (Å²) in [4.78, 5) is 10.4. The molecule has 15 heavy (non-hydrogen) atoms. The third-order valence-corrected chi connectivity index (χ3v) is 2.51. The zero-order valence-corrected chi connectivity index (χ0v) is 10.9. The molecule has 1 aromatic rings. The van der Waals surface area contributed by atoms with Crippen molar-refractivity contribution in [3.63, 3.8) is 0 Å². The number of methoxy groups -OCH3 is 1. The Morgan fingerprint density at radius 2 is 2.20 bits per heavy atom. The predicted octanol–water partition coefficient (Wildman–Crippen LogP) is 2.10. The van der Waals surface area contributed by atoms with E-state index < -0.39 is 0 Å². The Morgan fingerprint density at radius 3 is 2.73 bits per heavy atom. The van der Waals surface area contributed by atoms with Crippen molar-refractivity contribution in [1.82, 2.24) is 9.97 Å². The summed E-state index contributed by atoms with van der Waals surface area (Å²) < 4.78 is 5.88. The van der Waals surface area contributed by atoms with Crippen molar-refractivity contribution in [2.45, 2.75) is 19.9 Å². The molecule has 0 aliphatic rings. The first-order valence-electron chi connectivity index (χ1n) is 4.88. The van der Waals surface area contributed by atoms with Crippen LogP contribution in [-0.4, -0.2) is 36.3 Å². The summed E-state index contributed by atoms with van der Waals surface area (Å²) in [5.41, 5.74) is 0. The van der Waals surface area contributed by atoms with Crippen LogP contribution in [0.4, 0.5) is 5.82 Å². The average Bonchev–Trinajstić information content (AvgIpc) is 2.18. The summed E-state index contributed by atoms with van der Waals surface area (Å²) in [5, 5.41) is 0. The van der Waals surface area contributed by atoms with Crippen molar-refractivity contribution in [1.29, 1.82) is 0 Å². The lowest BCUT2D eigenvalue weighted by atomic mass is 10.3.